The van der Waals surface area contributed by atoms with Crippen LogP contribution in [0.2, 0.25) is 0 Å². The summed E-state index contributed by atoms with van der Waals surface area (Å²) in [5.41, 5.74) is 0.482. The third-order valence-corrected chi connectivity index (χ3v) is 5.70. The fourth-order valence-electron chi connectivity index (χ4n) is 4.19. The lowest BCUT2D eigenvalue weighted by Crippen LogP contribution is -2.42. The second-order valence-corrected chi connectivity index (χ2v) is 7.17. The Kier molecular flexibility index (Phi) is 6.19. The van der Waals surface area contributed by atoms with E-state index in [-0.39, 0.29) is 5.91 Å². The van der Waals surface area contributed by atoms with Crippen molar-refractivity contribution >= 4 is 5.91 Å². The van der Waals surface area contributed by atoms with Crippen molar-refractivity contribution in [3.05, 3.63) is 23.8 Å². The van der Waals surface area contributed by atoms with Crippen molar-refractivity contribution in [2.24, 2.45) is 5.92 Å². The minimum atomic E-state index is -0.118. The van der Waals surface area contributed by atoms with Crippen LogP contribution in [0.5, 0.6) is 11.5 Å². The van der Waals surface area contributed by atoms with Crippen LogP contribution in [0.3, 0.4) is 0 Å². The lowest BCUT2D eigenvalue weighted by Gasteiger charge is -2.36. The summed E-state index contributed by atoms with van der Waals surface area (Å²) in [6, 6.07) is 6.22. The molecular formula is C20H30N2O3. The molecular weight excluding hydrogens is 316 g/mol. The third kappa shape index (κ3) is 4.27. The number of benzene rings is 1. The van der Waals surface area contributed by atoms with Gasteiger partial charge in [-0.25, -0.2) is 0 Å². The van der Waals surface area contributed by atoms with Crippen LogP contribution in [0, 0.1) is 5.92 Å². The molecule has 0 unspecified atom stereocenters. The van der Waals surface area contributed by atoms with Crippen LogP contribution in [0.15, 0.2) is 18.2 Å². The van der Waals surface area contributed by atoms with E-state index in [1.807, 2.05) is 6.07 Å². The van der Waals surface area contributed by atoms with Gasteiger partial charge in [0.2, 0.25) is 0 Å². The topological polar surface area (TPSA) is 50.8 Å². The molecule has 1 aromatic rings. The summed E-state index contributed by atoms with van der Waals surface area (Å²) >= 11 is 0. The van der Waals surface area contributed by atoms with E-state index in [1.165, 1.54) is 51.6 Å². The van der Waals surface area contributed by atoms with Gasteiger partial charge in [0.25, 0.3) is 5.91 Å². The predicted molar refractivity (Wildman–Crippen MR) is 98.4 cm³/mol. The van der Waals surface area contributed by atoms with Crippen molar-refractivity contribution in [2.75, 3.05) is 33.9 Å². The quantitative estimate of drug-likeness (QED) is 0.860. The maximum atomic E-state index is 12.6. The molecule has 1 amide bonds. The zero-order valence-electron chi connectivity index (χ0n) is 15.4. The second-order valence-electron chi connectivity index (χ2n) is 7.17. The zero-order chi connectivity index (χ0) is 17.6. The lowest BCUT2D eigenvalue weighted by molar-refractivity contribution is 0.0918. The van der Waals surface area contributed by atoms with E-state index in [0.717, 1.165) is 12.6 Å². The van der Waals surface area contributed by atoms with Gasteiger partial charge < -0.3 is 19.7 Å². The predicted octanol–water partition coefficient (Wildman–Crippen LogP) is 3.09. The molecule has 0 radical (unpaired) electrons. The largest absolute Gasteiger partial charge is 0.496 e. The van der Waals surface area contributed by atoms with Crippen molar-refractivity contribution in [1.29, 1.82) is 0 Å². The molecule has 0 spiro atoms. The van der Waals surface area contributed by atoms with Crippen LogP contribution in [-0.4, -0.2) is 50.7 Å². The zero-order valence-corrected chi connectivity index (χ0v) is 15.4. The van der Waals surface area contributed by atoms with E-state index >= 15 is 0 Å². The molecule has 2 aliphatic rings. The molecule has 1 N–H and O–H groups in total. The summed E-state index contributed by atoms with van der Waals surface area (Å²) in [5.74, 6) is 1.54. The summed E-state index contributed by atoms with van der Waals surface area (Å²) in [6.45, 7) is 3.06. The molecule has 0 atom stereocenters. The number of rotatable bonds is 6. The standard InChI is InChI=1S/C20H30N2O3/c1-24-17-8-5-9-18(25-2)19(17)20(23)21-14-15-10-12-22(13-11-15)16-6-3-4-7-16/h5,8-9,15-16H,3-4,6-7,10-14H2,1-2H3,(H,21,23). The summed E-state index contributed by atoms with van der Waals surface area (Å²) in [6.07, 6.45) is 7.85. The Labute approximate surface area is 150 Å². The highest BCUT2D eigenvalue weighted by Gasteiger charge is 2.27. The van der Waals surface area contributed by atoms with E-state index in [4.69, 9.17) is 9.47 Å². The number of hydrogen-bond donors (Lipinski definition) is 1. The Hall–Kier alpha value is -1.75. The highest BCUT2D eigenvalue weighted by molar-refractivity contribution is 5.99. The first-order chi connectivity index (χ1) is 12.2. The Morgan fingerprint density at radius 3 is 2.24 bits per heavy atom. The van der Waals surface area contributed by atoms with Gasteiger partial charge in [0.05, 0.1) is 14.2 Å². The molecule has 138 valence electrons. The van der Waals surface area contributed by atoms with Gasteiger partial charge in [-0.1, -0.05) is 18.9 Å². The number of methoxy groups -OCH3 is 2. The van der Waals surface area contributed by atoms with Crippen molar-refractivity contribution in [3.63, 3.8) is 0 Å². The fraction of sp³-hybridized carbons (Fsp3) is 0.650. The van der Waals surface area contributed by atoms with Crippen LogP contribution in [0.25, 0.3) is 0 Å². The minimum absolute atomic E-state index is 0.118. The lowest BCUT2D eigenvalue weighted by atomic mass is 9.95. The SMILES string of the molecule is COc1cccc(OC)c1C(=O)NCC1CCN(C2CCCC2)CC1. The maximum Gasteiger partial charge on any atom is 0.258 e. The minimum Gasteiger partial charge on any atom is -0.496 e. The molecule has 1 aliphatic heterocycles. The molecule has 1 aromatic carbocycles. The summed E-state index contributed by atoms with van der Waals surface area (Å²) in [5, 5.41) is 3.09. The number of nitrogens with zero attached hydrogens (tertiary/aromatic N) is 1. The molecule has 5 heteroatoms. The number of piperidine rings is 1. The Morgan fingerprint density at radius 1 is 1.08 bits per heavy atom. The molecule has 2 fully saturated rings. The highest BCUT2D eigenvalue weighted by Crippen LogP contribution is 2.29. The van der Waals surface area contributed by atoms with E-state index < -0.39 is 0 Å². The monoisotopic (exact) mass is 346 g/mol. The molecule has 3 rings (SSSR count). The van der Waals surface area contributed by atoms with E-state index in [1.54, 1.807) is 26.4 Å². The molecule has 0 bridgehead atoms. The molecule has 1 saturated heterocycles. The number of hydrogen-bond acceptors (Lipinski definition) is 4. The van der Waals surface area contributed by atoms with Gasteiger partial charge >= 0.3 is 0 Å². The number of carbonyl (C=O) groups is 1. The second kappa shape index (κ2) is 8.56. The van der Waals surface area contributed by atoms with Crippen molar-refractivity contribution in [1.82, 2.24) is 10.2 Å². The number of amides is 1. The van der Waals surface area contributed by atoms with Crippen molar-refractivity contribution < 1.29 is 14.3 Å². The number of likely N-dealkylation sites (tertiary alicyclic amines) is 1. The third-order valence-electron chi connectivity index (χ3n) is 5.70. The molecule has 1 aliphatic carbocycles. The first-order valence-electron chi connectivity index (χ1n) is 9.46. The molecule has 25 heavy (non-hydrogen) atoms. The van der Waals surface area contributed by atoms with Gasteiger partial charge in [0.1, 0.15) is 17.1 Å². The van der Waals surface area contributed by atoms with Crippen LogP contribution in [-0.2, 0) is 0 Å². The average Bonchev–Trinajstić information content (AvgIpc) is 3.20. The first-order valence-corrected chi connectivity index (χ1v) is 9.46. The van der Waals surface area contributed by atoms with Gasteiger partial charge in [-0.05, 0) is 56.8 Å². The van der Waals surface area contributed by atoms with Crippen molar-refractivity contribution in [3.8, 4) is 11.5 Å². The summed E-state index contributed by atoms with van der Waals surface area (Å²) in [7, 11) is 3.15. The molecule has 1 saturated carbocycles. The van der Waals surface area contributed by atoms with Crippen molar-refractivity contribution in [2.45, 2.75) is 44.6 Å². The molecule has 5 nitrogen and oxygen atoms in total. The number of carbonyl (C=O) groups excluding carboxylic acids is 1. The number of ether oxygens (including phenoxy) is 2. The van der Waals surface area contributed by atoms with Gasteiger partial charge in [-0.15, -0.1) is 0 Å². The summed E-state index contributed by atoms with van der Waals surface area (Å²) < 4.78 is 10.6. The Bertz CT molecular complexity index is 554. The smallest absolute Gasteiger partial charge is 0.258 e. The van der Waals surface area contributed by atoms with Crippen LogP contribution < -0.4 is 14.8 Å². The van der Waals surface area contributed by atoms with Gasteiger partial charge in [-0.3, -0.25) is 4.79 Å². The Morgan fingerprint density at radius 2 is 1.68 bits per heavy atom. The van der Waals surface area contributed by atoms with Gasteiger partial charge in [-0.2, -0.15) is 0 Å². The average molecular weight is 346 g/mol. The Balaban J connectivity index is 1.52. The normalized spacial score (nSPS) is 19.8. The maximum absolute atomic E-state index is 12.6. The van der Waals surface area contributed by atoms with Gasteiger partial charge in [0, 0.05) is 12.6 Å². The van der Waals surface area contributed by atoms with Crippen LogP contribution in [0.1, 0.15) is 48.9 Å². The summed E-state index contributed by atoms with van der Waals surface area (Å²) in [4.78, 5) is 15.3. The first kappa shape index (κ1) is 18.1. The fourth-order valence-corrected chi connectivity index (χ4v) is 4.19. The van der Waals surface area contributed by atoms with E-state index in [0.29, 0.717) is 23.0 Å². The number of nitrogens with one attached hydrogen (secondary N) is 1. The van der Waals surface area contributed by atoms with Crippen LogP contribution >= 0.6 is 0 Å². The molecule has 0 aromatic heterocycles. The molecule has 1 heterocycles. The highest BCUT2D eigenvalue weighted by atomic mass is 16.5. The van der Waals surface area contributed by atoms with Gasteiger partial charge in [0.15, 0.2) is 0 Å². The van der Waals surface area contributed by atoms with Crippen LogP contribution in [0.4, 0.5) is 0 Å². The van der Waals surface area contributed by atoms with E-state index in [2.05, 4.69) is 10.2 Å². The van der Waals surface area contributed by atoms with E-state index in [9.17, 15) is 4.79 Å².